The third kappa shape index (κ3) is 3.29. The van der Waals surface area contributed by atoms with E-state index in [1.54, 1.807) is 0 Å². The van der Waals surface area contributed by atoms with Crippen molar-refractivity contribution in [2.24, 2.45) is 0 Å². The molecule has 0 bridgehead atoms. The van der Waals surface area contributed by atoms with Gasteiger partial charge in [0.15, 0.2) is 0 Å². The van der Waals surface area contributed by atoms with Crippen molar-refractivity contribution in [3.05, 3.63) is 15.6 Å². The standard InChI is InChI=1S/C13H23N3OS/c1-10-13(18-11(2)14-10)9-16-6-5-15(3)12(8-16)4-7-17/h12,17H,4-9H2,1-3H3. The van der Waals surface area contributed by atoms with Crippen LogP contribution >= 0.6 is 11.3 Å². The highest BCUT2D eigenvalue weighted by atomic mass is 32.1. The minimum absolute atomic E-state index is 0.279. The van der Waals surface area contributed by atoms with Gasteiger partial charge in [-0.25, -0.2) is 4.98 Å². The highest BCUT2D eigenvalue weighted by Crippen LogP contribution is 2.21. The molecule has 1 saturated heterocycles. The number of rotatable bonds is 4. The third-order valence-electron chi connectivity index (χ3n) is 3.69. The zero-order chi connectivity index (χ0) is 13.1. The van der Waals surface area contributed by atoms with Crippen LogP contribution in [0.25, 0.3) is 0 Å². The summed E-state index contributed by atoms with van der Waals surface area (Å²) >= 11 is 1.81. The number of aliphatic hydroxyl groups is 1. The Hall–Kier alpha value is -0.490. The van der Waals surface area contributed by atoms with Crippen molar-refractivity contribution in [2.75, 3.05) is 33.3 Å². The van der Waals surface area contributed by atoms with Gasteiger partial charge in [0.25, 0.3) is 0 Å². The molecule has 1 atom stereocenters. The number of hydrogen-bond acceptors (Lipinski definition) is 5. The fourth-order valence-electron chi connectivity index (χ4n) is 2.54. The molecule has 2 rings (SSSR count). The number of likely N-dealkylation sites (N-methyl/N-ethyl adjacent to an activating group) is 1. The zero-order valence-corrected chi connectivity index (χ0v) is 12.3. The van der Waals surface area contributed by atoms with E-state index in [1.165, 1.54) is 10.6 Å². The normalized spacial score (nSPS) is 22.6. The molecule has 1 unspecified atom stereocenters. The van der Waals surface area contributed by atoms with Crippen LogP contribution < -0.4 is 0 Å². The number of aromatic nitrogens is 1. The molecule has 0 aromatic carbocycles. The second kappa shape index (κ2) is 6.10. The number of thiazole rings is 1. The zero-order valence-electron chi connectivity index (χ0n) is 11.5. The summed E-state index contributed by atoms with van der Waals surface area (Å²) < 4.78 is 0. The summed E-state index contributed by atoms with van der Waals surface area (Å²) in [5.41, 5.74) is 1.18. The molecule has 18 heavy (non-hydrogen) atoms. The number of nitrogens with zero attached hydrogens (tertiary/aromatic N) is 3. The van der Waals surface area contributed by atoms with E-state index in [0.717, 1.165) is 37.6 Å². The second-order valence-corrected chi connectivity index (χ2v) is 6.41. The lowest BCUT2D eigenvalue weighted by molar-refractivity contribution is 0.0747. The number of aliphatic hydroxyl groups excluding tert-OH is 1. The van der Waals surface area contributed by atoms with Crippen LogP contribution in [0.2, 0.25) is 0 Å². The second-order valence-electron chi connectivity index (χ2n) is 5.12. The van der Waals surface area contributed by atoms with Crippen molar-refractivity contribution in [3.63, 3.8) is 0 Å². The maximum atomic E-state index is 9.11. The highest BCUT2D eigenvalue weighted by molar-refractivity contribution is 7.11. The summed E-state index contributed by atoms with van der Waals surface area (Å²) in [6, 6.07) is 0.484. The summed E-state index contributed by atoms with van der Waals surface area (Å²) in [7, 11) is 2.15. The van der Waals surface area contributed by atoms with E-state index in [0.29, 0.717) is 6.04 Å². The van der Waals surface area contributed by atoms with Crippen LogP contribution in [-0.2, 0) is 6.54 Å². The predicted molar refractivity (Wildman–Crippen MR) is 75.0 cm³/mol. The van der Waals surface area contributed by atoms with Crippen molar-refractivity contribution in [1.29, 1.82) is 0 Å². The molecule has 1 fully saturated rings. The van der Waals surface area contributed by atoms with Crippen LogP contribution in [0, 0.1) is 13.8 Å². The number of aryl methyl sites for hydroxylation is 2. The molecule has 0 spiro atoms. The van der Waals surface area contributed by atoms with Gasteiger partial charge in [-0.05, 0) is 27.3 Å². The third-order valence-corrected chi connectivity index (χ3v) is 4.75. The molecular weight excluding hydrogens is 246 g/mol. The molecule has 0 radical (unpaired) electrons. The van der Waals surface area contributed by atoms with Crippen molar-refractivity contribution >= 4 is 11.3 Å². The molecule has 1 aromatic rings. The lowest BCUT2D eigenvalue weighted by Gasteiger charge is -2.39. The average molecular weight is 269 g/mol. The van der Waals surface area contributed by atoms with Gasteiger partial charge >= 0.3 is 0 Å². The first-order valence-electron chi connectivity index (χ1n) is 6.56. The molecular formula is C13H23N3OS. The molecule has 0 saturated carbocycles. The van der Waals surface area contributed by atoms with Crippen LogP contribution in [0.3, 0.4) is 0 Å². The first-order valence-corrected chi connectivity index (χ1v) is 7.38. The topological polar surface area (TPSA) is 39.6 Å². The largest absolute Gasteiger partial charge is 0.396 e. The van der Waals surface area contributed by atoms with Gasteiger partial charge in [0.1, 0.15) is 0 Å². The summed E-state index contributed by atoms with van der Waals surface area (Å²) in [6.45, 7) is 8.69. The molecule has 0 aliphatic carbocycles. The van der Waals surface area contributed by atoms with E-state index in [1.807, 2.05) is 11.3 Å². The van der Waals surface area contributed by atoms with Crippen molar-refractivity contribution in [1.82, 2.24) is 14.8 Å². The minimum Gasteiger partial charge on any atom is -0.396 e. The van der Waals surface area contributed by atoms with Gasteiger partial charge in [-0.15, -0.1) is 11.3 Å². The first-order chi connectivity index (χ1) is 8.60. The van der Waals surface area contributed by atoms with Gasteiger partial charge in [-0.3, -0.25) is 4.90 Å². The van der Waals surface area contributed by atoms with E-state index in [2.05, 4.69) is 35.7 Å². The Bertz CT molecular complexity index is 394. The van der Waals surface area contributed by atoms with E-state index < -0.39 is 0 Å². The van der Waals surface area contributed by atoms with Crippen LogP contribution in [0.1, 0.15) is 22.0 Å². The van der Waals surface area contributed by atoms with Gasteiger partial charge in [0.05, 0.1) is 10.7 Å². The van der Waals surface area contributed by atoms with Crippen LogP contribution in [-0.4, -0.2) is 59.2 Å². The molecule has 1 aliphatic heterocycles. The van der Waals surface area contributed by atoms with Crippen LogP contribution in [0.5, 0.6) is 0 Å². The van der Waals surface area contributed by atoms with Gasteiger partial charge in [-0.1, -0.05) is 0 Å². The SMILES string of the molecule is Cc1nc(C)c(CN2CCN(C)C(CCO)C2)s1. The van der Waals surface area contributed by atoms with Crippen molar-refractivity contribution in [2.45, 2.75) is 32.9 Å². The molecule has 1 N–H and O–H groups in total. The molecule has 5 heteroatoms. The maximum Gasteiger partial charge on any atom is 0.0900 e. The molecule has 4 nitrogen and oxygen atoms in total. The van der Waals surface area contributed by atoms with E-state index in [4.69, 9.17) is 5.11 Å². The van der Waals surface area contributed by atoms with Gasteiger partial charge in [-0.2, -0.15) is 0 Å². The fraction of sp³-hybridized carbons (Fsp3) is 0.769. The summed E-state index contributed by atoms with van der Waals surface area (Å²) in [5.74, 6) is 0. The fourth-order valence-corrected chi connectivity index (χ4v) is 3.52. The van der Waals surface area contributed by atoms with Crippen molar-refractivity contribution < 1.29 is 5.11 Å². The number of piperazine rings is 1. The molecule has 1 aromatic heterocycles. The Morgan fingerprint density at radius 1 is 1.39 bits per heavy atom. The van der Waals surface area contributed by atoms with E-state index >= 15 is 0 Å². The first kappa shape index (κ1) is 13.9. The monoisotopic (exact) mass is 269 g/mol. The summed E-state index contributed by atoms with van der Waals surface area (Å²) in [5, 5.41) is 10.3. The average Bonchev–Trinajstić information content (AvgIpc) is 2.62. The molecule has 0 amide bonds. The summed E-state index contributed by atoms with van der Waals surface area (Å²) in [6.07, 6.45) is 0.869. The Morgan fingerprint density at radius 2 is 2.17 bits per heavy atom. The van der Waals surface area contributed by atoms with Gasteiger partial charge in [0, 0.05) is 43.7 Å². The molecule has 1 aliphatic rings. The Morgan fingerprint density at radius 3 is 2.78 bits per heavy atom. The lowest BCUT2D eigenvalue weighted by atomic mass is 10.1. The minimum atomic E-state index is 0.279. The highest BCUT2D eigenvalue weighted by Gasteiger charge is 2.24. The van der Waals surface area contributed by atoms with Gasteiger partial charge in [0.2, 0.25) is 0 Å². The Balaban J connectivity index is 1.96. The quantitative estimate of drug-likeness (QED) is 0.893. The Labute approximate surface area is 113 Å². The Kier molecular flexibility index (Phi) is 4.72. The molecule has 2 heterocycles. The predicted octanol–water partition coefficient (Wildman–Crippen LogP) is 1.26. The lowest BCUT2D eigenvalue weighted by Crippen LogP contribution is -2.51. The van der Waals surface area contributed by atoms with Crippen LogP contribution in [0.4, 0.5) is 0 Å². The van der Waals surface area contributed by atoms with E-state index in [9.17, 15) is 0 Å². The van der Waals surface area contributed by atoms with Crippen molar-refractivity contribution in [3.8, 4) is 0 Å². The van der Waals surface area contributed by atoms with Crippen LogP contribution in [0.15, 0.2) is 0 Å². The number of hydrogen-bond donors (Lipinski definition) is 1. The van der Waals surface area contributed by atoms with E-state index in [-0.39, 0.29) is 6.61 Å². The van der Waals surface area contributed by atoms with Gasteiger partial charge < -0.3 is 10.0 Å². The summed E-state index contributed by atoms with van der Waals surface area (Å²) in [4.78, 5) is 10.7. The smallest absolute Gasteiger partial charge is 0.0900 e. The molecule has 102 valence electrons. The maximum absolute atomic E-state index is 9.11.